The molecule has 0 radical (unpaired) electrons. The Hall–Kier alpha value is -2.39. The molecule has 20 heavy (non-hydrogen) atoms. The van der Waals surface area contributed by atoms with Gasteiger partial charge in [0.2, 0.25) is 0 Å². The summed E-state index contributed by atoms with van der Waals surface area (Å²) >= 11 is 0. The minimum atomic E-state index is -0.180. The van der Waals surface area contributed by atoms with Gasteiger partial charge in [-0.15, -0.1) is 0 Å². The van der Waals surface area contributed by atoms with Gasteiger partial charge < -0.3 is 5.43 Å². The van der Waals surface area contributed by atoms with Crippen molar-refractivity contribution in [3.8, 4) is 0 Å². The standard InChI is InChI=1S/C17H15FN2/c18-17-11-5-9-15-13(6-4-10-16(15)17)12-19-20-14-7-2-1-3-8-14/h1-11,19-20H,12H2. The topological polar surface area (TPSA) is 24.1 Å². The number of nitrogens with one attached hydrogen (secondary N) is 2. The molecule has 0 saturated carbocycles. The van der Waals surface area contributed by atoms with Crippen LogP contribution >= 0.6 is 0 Å². The summed E-state index contributed by atoms with van der Waals surface area (Å²) in [7, 11) is 0. The molecule has 0 amide bonds. The van der Waals surface area contributed by atoms with E-state index in [1.165, 1.54) is 6.07 Å². The number of benzene rings is 3. The molecule has 0 saturated heterocycles. The van der Waals surface area contributed by atoms with Crippen molar-refractivity contribution in [1.29, 1.82) is 0 Å². The van der Waals surface area contributed by atoms with Crippen LogP contribution in [-0.2, 0) is 6.54 Å². The highest BCUT2D eigenvalue weighted by molar-refractivity contribution is 5.86. The number of para-hydroxylation sites is 1. The molecule has 0 atom stereocenters. The first kappa shape index (κ1) is 12.6. The molecule has 0 aliphatic heterocycles. The van der Waals surface area contributed by atoms with Crippen LogP contribution in [0.5, 0.6) is 0 Å². The van der Waals surface area contributed by atoms with Crippen LogP contribution in [0.15, 0.2) is 66.7 Å². The van der Waals surface area contributed by atoms with Crippen LogP contribution in [0.3, 0.4) is 0 Å². The highest BCUT2D eigenvalue weighted by atomic mass is 19.1. The molecule has 0 heterocycles. The van der Waals surface area contributed by atoms with Gasteiger partial charge in [0, 0.05) is 17.6 Å². The summed E-state index contributed by atoms with van der Waals surface area (Å²) in [5, 5.41) is 1.60. The van der Waals surface area contributed by atoms with Crippen LogP contribution in [0.2, 0.25) is 0 Å². The number of halogens is 1. The van der Waals surface area contributed by atoms with E-state index in [9.17, 15) is 4.39 Å². The Morgan fingerprint density at radius 3 is 2.35 bits per heavy atom. The molecule has 2 nitrogen and oxygen atoms in total. The van der Waals surface area contributed by atoms with Crippen LogP contribution in [0.4, 0.5) is 10.1 Å². The molecule has 0 fully saturated rings. The third-order valence-electron chi connectivity index (χ3n) is 3.24. The quantitative estimate of drug-likeness (QED) is 0.695. The Balaban J connectivity index is 1.76. The molecule has 0 aromatic heterocycles. The lowest BCUT2D eigenvalue weighted by molar-refractivity contribution is 0.639. The molecule has 0 unspecified atom stereocenters. The zero-order chi connectivity index (χ0) is 13.8. The second-order valence-electron chi connectivity index (χ2n) is 4.60. The van der Waals surface area contributed by atoms with E-state index in [1.54, 1.807) is 12.1 Å². The van der Waals surface area contributed by atoms with E-state index in [1.807, 2.05) is 48.5 Å². The van der Waals surface area contributed by atoms with E-state index in [0.717, 1.165) is 16.6 Å². The summed E-state index contributed by atoms with van der Waals surface area (Å²) in [5.74, 6) is -0.180. The van der Waals surface area contributed by atoms with Crippen molar-refractivity contribution in [3.05, 3.63) is 78.1 Å². The van der Waals surface area contributed by atoms with Crippen molar-refractivity contribution in [2.24, 2.45) is 0 Å². The largest absolute Gasteiger partial charge is 0.321 e. The fourth-order valence-corrected chi connectivity index (χ4v) is 2.25. The smallest absolute Gasteiger partial charge is 0.131 e. The third-order valence-corrected chi connectivity index (χ3v) is 3.24. The molecule has 3 aromatic carbocycles. The Morgan fingerprint density at radius 1 is 0.750 bits per heavy atom. The molecular weight excluding hydrogens is 251 g/mol. The van der Waals surface area contributed by atoms with Crippen molar-refractivity contribution in [1.82, 2.24) is 5.43 Å². The van der Waals surface area contributed by atoms with E-state index < -0.39 is 0 Å². The monoisotopic (exact) mass is 266 g/mol. The van der Waals surface area contributed by atoms with E-state index in [4.69, 9.17) is 0 Å². The number of hydrogen-bond donors (Lipinski definition) is 2. The molecule has 0 bridgehead atoms. The van der Waals surface area contributed by atoms with Crippen molar-refractivity contribution in [2.75, 3.05) is 5.43 Å². The zero-order valence-corrected chi connectivity index (χ0v) is 10.9. The molecule has 100 valence electrons. The SMILES string of the molecule is Fc1cccc2c(CNNc3ccccc3)cccc12. The van der Waals surface area contributed by atoms with Crippen LogP contribution in [0.25, 0.3) is 10.8 Å². The first-order chi connectivity index (χ1) is 9.84. The highest BCUT2D eigenvalue weighted by Gasteiger charge is 2.03. The fourth-order valence-electron chi connectivity index (χ4n) is 2.25. The van der Waals surface area contributed by atoms with E-state index in [0.29, 0.717) is 11.9 Å². The van der Waals surface area contributed by atoms with E-state index >= 15 is 0 Å². The molecular formula is C17H15FN2. The zero-order valence-electron chi connectivity index (χ0n) is 10.9. The summed E-state index contributed by atoms with van der Waals surface area (Å²) in [5.41, 5.74) is 8.35. The average Bonchev–Trinajstić information content (AvgIpc) is 2.49. The second kappa shape index (κ2) is 5.72. The maximum atomic E-state index is 13.7. The Labute approximate surface area is 117 Å². The van der Waals surface area contributed by atoms with Crippen molar-refractivity contribution in [3.63, 3.8) is 0 Å². The summed E-state index contributed by atoms with van der Waals surface area (Å²) in [4.78, 5) is 0. The van der Waals surface area contributed by atoms with Gasteiger partial charge in [-0.25, -0.2) is 9.82 Å². The van der Waals surface area contributed by atoms with Gasteiger partial charge in [-0.05, 0) is 29.1 Å². The van der Waals surface area contributed by atoms with E-state index in [2.05, 4.69) is 10.9 Å². The lowest BCUT2D eigenvalue weighted by Crippen LogP contribution is -2.20. The van der Waals surface area contributed by atoms with Gasteiger partial charge in [0.05, 0.1) is 0 Å². The Kier molecular flexibility index (Phi) is 3.61. The maximum Gasteiger partial charge on any atom is 0.131 e. The number of hydrazine groups is 1. The maximum absolute atomic E-state index is 13.7. The predicted octanol–water partition coefficient (Wildman–Crippen LogP) is 4.10. The minimum absolute atomic E-state index is 0.180. The van der Waals surface area contributed by atoms with Crippen molar-refractivity contribution >= 4 is 16.5 Å². The van der Waals surface area contributed by atoms with Crippen molar-refractivity contribution in [2.45, 2.75) is 6.54 Å². The lowest BCUT2D eigenvalue weighted by atomic mass is 10.0. The molecule has 0 aliphatic rings. The van der Waals surface area contributed by atoms with Crippen LogP contribution in [0, 0.1) is 5.82 Å². The summed E-state index contributed by atoms with van der Waals surface area (Å²) in [6, 6.07) is 20.7. The number of rotatable bonds is 4. The summed E-state index contributed by atoms with van der Waals surface area (Å²) in [6.45, 7) is 0.621. The van der Waals surface area contributed by atoms with Gasteiger partial charge in [0.15, 0.2) is 0 Å². The molecule has 2 N–H and O–H groups in total. The number of anilines is 1. The first-order valence-corrected chi connectivity index (χ1v) is 6.54. The highest BCUT2D eigenvalue weighted by Crippen LogP contribution is 2.21. The van der Waals surface area contributed by atoms with Crippen molar-refractivity contribution < 1.29 is 4.39 Å². The van der Waals surface area contributed by atoms with Gasteiger partial charge in [-0.2, -0.15) is 0 Å². The molecule has 0 spiro atoms. The summed E-state index contributed by atoms with van der Waals surface area (Å²) in [6.07, 6.45) is 0. The second-order valence-corrected chi connectivity index (χ2v) is 4.60. The van der Waals surface area contributed by atoms with Crippen LogP contribution in [-0.4, -0.2) is 0 Å². The van der Waals surface area contributed by atoms with Crippen LogP contribution in [0.1, 0.15) is 5.56 Å². The number of hydrogen-bond acceptors (Lipinski definition) is 2. The lowest BCUT2D eigenvalue weighted by Gasteiger charge is -2.10. The van der Waals surface area contributed by atoms with Gasteiger partial charge in [-0.1, -0.05) is 48.5 Å². The molecule has 3 aromatic rings. The third kappa shape index (κ3) is 2.63. The Bertz CT molecular complexity index is 711. The van der Waals surface area contributed by atoms with Gasteiger partial charge in [0.1, 0.15) is 5.82 Å². The predicted molar refractivity (Wildman–Crippen MR) is 80.8 cm³/mol. The molecule has 3 heteroatoms. The summed E-state index contributed by atoms with van der Waals surface area (Å²) < 4.78 is 13.7. The normalized spacial score (nSPS) is 10.7. The number of fused-ring (bicyclic) bond motifs is 1. The Morgan fingerprint density at radius 2 is 1.50 bits per heavy atom. The molecule has 0 aliphatic carbocycles. The fraction of sp³-hybridized carbons (Fsp3) is 0.0588. The van der Waals surface area contributed by atoms with E-state index in [-0.39, 0.29) is 5.82 Å². The minimum Gasteiger partial charge on any atom is -0.321 e. The van der Waals surface area contributed by atoms with Gasteiger partial charge >= 0.3 is 0 Å². The van der Waals surface area contributed by atoms with Crippen LogP contribution < -0.4 is 10.9 Å². The molecule has 3 rings (SSSR count). The van der Waals surface area contributed by atoms with Gasteiger partial charge in [0.25, 0.3) is 0 Å². The van der Waals surface area contributed by atoms with Gasteiger partial charge in [-0.3, -0.25) is 0 Å². The first-order valence-electron chi connectivity index (χ1n) is 6.54. The average molecular weight is 266 g/mol.